The fourth-order valence-electron chi connectivity index (χ4n) is 4.29. The number of carboxylic acid groups (broad SMARTS) is 1. The Kier molecular flexibility index (Phi) is 9.04. The number of hydrogen-bond acceptors (Lipinski definition) is 5. The van der Waals surface area contributed by atoms with Crippen LogP contribution in [0.15, 0.2) is 48.5 Å². The predicted octanol–water partition coefficient (Wildman–Crippen LogP) is 3.69. The van der Waals surface area contributed by atoms with Gasteiger partial charge in [-0.25, -0.2) is 4.79 Å². The Morgan fingerprint density at radius 1 is 1.03 bits per heavy atom. The first-order chi connectivity index (χ1) is 16.4. The Morgan fingerprint density at radius 3 is 2.21 bits per heavy atom. The van der Waals surface area contributed by atoms with Crippen molar-refractivity contribution in [3.05, 3.63) is 59.7 Å². The standard InChI is InChI=1S/C26H32N2O6/c1-3-4-9-17(14-24(29)30)28-25(31)23(33-2)15-27-26(32)34-16-22-20-12-7-5-10-18(20)19-11-6-8-13-21(19)22/h5-8,10-13,17,22-23H,3-4,9,14-16H2,1-2H3,(H,27,32)(H,28,31)(H,29,30)/t17-,23?/m0/s1. The van der Waals surface area contributed by atoms with Crippen molar-refractivity contribution in [2.45, 2.75) is 50.7 Å². The number of ether oxygens (including phenoxy) is 2. The van der Waals surface area contributed by atoms with E-state index in [1.807, 2.05) is 43.3 Å². The Hall–Kier alpha value is -3.39. The third-order valence-corrected chi connectivity index (χ3v) is 6.03. The summed E-state index contributed by atoms with van der Waals surface area (Å²) in [6.07, 6.45) is 0.479. The van der Waals surface area contributed by atoms with Crippen LogP contribution >= 0.6 is 0 Å². The zero-order valence-corrected chi connectivity index (χ0v) is 19.6. The first-order valence-electron chi connectivity index (χ1n) is 11.6. The SMILES string of the molecule is CCCC[C@@H](CC(=O)O)NC(=O)C(CNC(=O)OCC1c2ccccc2-c2ccccc21)OC. The lowest BCUT2D eigenvalue weighted by Gasteiger charge is -2.21. The maximum absolute atomic E-state index is 12.6. The first-order valence-corrected chi connectivity index (χ1v) is 11.6. The molecule has 34 heavy (non-hydrogen) atoms. The van der Waals surface area contributed by atoms with Crippen LogP contribution in [-0.2, 0) is 19.1 Å². The highest BCUT2D eigenvalue weighted by Gasteiger charge is 2.29. The van der Waals surface area contributed by atoms with Gasteiger partial charge in [0.1, 0.15) is 6.61 Å². The van der Waals surface area contributed by atoms with Crippen molar-refractivity contribution in [2.75, 3.05) is 20.3 Å². The molecule has 2 aromatic carbocycles. The van der Waals surface area contributed by atoms with Crippen molar-refractivity contribution in [3.8, 4) is 11.1 Å². The van der Waals surface area contributed by atoms with E-state index in [1.165, 1.54) is 7.11 Å². The van der Waals surface area contributed by atoms with Crippen LogP contribution in [0.25, 0.3) is 11.1 Å². The molecule has 2 amide bonds. The van der Waals surface area contributed by atoms with E-state index in [-0.39, 0.29) is 25.5 Å². The number of carboxylic acids is 1. The highest BCUT2D eigenvalue weighted by molar-refractivity contribution is 5.83. The highest BCUT2D eigenvalue weighted by atomic mass is 16.5. The number of alkyl carbamates (subject to hydrolysis) is 1. The summed E-state index contributed by atoms with van der Waals surface area (Å²) in [4.78, 5) is 36.0. The maximum atomic E-state index is 12.6. The second kappa shape index (κ2) is 12.2. The van der Waals surface area contributed by atoms with Crippen molar-refractivity contribution in [3.63, 3.8) is 0 Å². The van der Waals surface area contributed by atoms with Crippen LogP contribution in [-0.4, -0.2) is 55.5 Å². The molecule has 182 valence electrons. The number of benzene rings is 2. The minimum Gasteiger partial charge on any atom is -0.481 e. The number of aliphatic carboxylic acids is 1. The van der Waals surface area contributed by atoms with Crippen molar-refractivity contribution in [1.82, 2.24) is 10.6 Å². The van der Waals surface area contributed by atoms with Crippen LogP contribution in [0.3, 0.4) is 0 Å². The summed E-state index contributed by atoms with van der Waals surface area (Å²) in [5, 5.41) is 14.4. The molecule has 3 rings (SSSR count). The van der Waals surface area contributed by atoms with Crippen molar-refractivity contribution < 1.29 is 29.0 Å². The normalized spacial score (nSPS) is 13.9. The number of hydrogen-bond donors (Lipinski definition) is 3. The third kappa shape index (κ3) is 6.35. The second-order valence-corrected chi connectivity index (χ2v) is 8.38. The molecule has 3 N–H and O–H groups in total. The Labute approximate surface area is 199 Å². The molecule has 0 saturated carbocycles. The average molecular weight is 469 g/mol. The number of nitrogens with one attached hydrogen (secondary N) is 2. The highest BCUT2D eigenvalue weighted by Crippen LogP contribution is 2.44. The quantitative estimate of drug-likeness (QED) is 0.438. The number of fused-ring (bicyclic) bond motifs is 3. The van der Waals surface area contributed by atoms with E-state index >= 15 is 0 Å². The summed E-state index contributed by atoms with van der Waals surface area (Å²) in [6.45, 7) is 2.07. The summed E-state index contributed by atoms with van der Waals surface area (Å²) in [7, 11) is 1.36. The predicted molar refractivity (Wildman–Crippen MR) is 128 cm³/mol. The molecule has 1 unspecified atom stereocenters. The van der Waals surface area contributed by atoms with E-state index < -0.39 is 30.1 Å². The van der Waals surface area contributed by atoms with Crippen molar-refractivity contribution in [2.24, 2.45) is 0 Å². The summed E-state index contributed by atoms with van der Waals surface area (Å²) >= 11 is 0. The van der Waals surface area contributed by atoms with Gasteiger partial charge in [0.05, 0.1) is 13.0 Å². The molecule has 2 aromatic rings. The van der Waals surface area contributed by atoms with E-state index in [4.69, 9.17) is 14.6 Å². The zero-order valence-electron chi connectivity index (χ0n) is 19.6. The number of carbonyl (C=O) groups is 3. The molecular formula is C26H32N2O6. The molecular weight excluding hydrogens is 436 g/mol. The summed E-state index contributed by atoms with van der Waals surface area (Å²) < 4.78 is 10.7. The van der Waals surface area contributed by atoms with E-state index in [0.29, 0.717) is 6.42 Å². The van der Waals surface area contributed by atoms with Crippen molar-refractivity contribution >= 4 is 18.0 Å². The molecule has 8 nitrogen and oxygen atoms in total. The Balaban J connectivity index is 1.53. The van der Waals surface area contributed by atoms with E-state index in [1.54, 1.807) is 0 Å². The van der Waals surface area contributed by atoms with Crippen LogP contribution in [0.2, 0.25) is 0 Å². The zero-order chi connectivity index (χ0) is 24.5. The Bertz CT molecular complexity index is 963. The molecule has 0 aliphatic heterocycles. The fourth-order valence-corrected chi connectivity index (χ4v) is 4.29. The van der Waals surface area contributed by atoms with Gasteiger partial charge in [0.15, 0.2) is 6.10 Å². The molecule has 1 aliphatic rings. The topological polar surface area (TPSA) is 114 Å². The largest absolute Gasteiger partial charge is 0.481 e. The van der Waals surface area contributed by atoms with Gasteiger partial charge in [0.25, 0.3) is 5.91 Å². The fraction of sp³-hybridized carbons (Fsp3) is 0.423. The van der Waals surface area contributed by atoms with E-state index in [9.17, 15) is 14.4 Å². The molecule has 0 radical (unpaired) electrons. The van der Waals surface area contributed by atoms with Gasteiger partial charge in [-0.2, -0.15) is 0 Å². The minimum absolute atomic E-state index is 0.0602. The maximum Gasteiger partial charge on any atom is 0.407 e. The van der Waals surface area contributed by atoms with Gasteiger partial charge in [-0.3, -0.25) is 9.59 Å². The molecule has 0 bridgehead atoms. The molecule has 0 heterocycles. The molecule has 0 saturated heterocycles. The molecule has 8 heteroatoms. The van der Waals surface area contributed by atoms with Gasteiger partial charge in [-0.05, 0) is 28.7 Å². The smallest absolute Gasteiger partial charge is 0.407 e. The Morgan fingerprint density at radius 2 is 1.65 bits per heavy atom. The van der Waals surface area contributed by atoms with Crippen LogP contribution in [0, 0.1) is 0 Å². The van der Waals surface area contributed by atoms with E-state index in [0.717, 1.165) is 35.1 Å². The molecule has 0 spiro atoms. The monoisotopic (exact) mass is 468 g/mol. The lowest BCUT2D eigenvalue weighted by molar-refractivity contribution is -0.138. The minimum atomic E-state index is -0.980. The summed E-state index contributed by atoms with van der Waals surface area (Å²) in [5.41, 5.74) is 4.51. The number of carbonyl (C=O) groups excluding carboxylic acids is 2. The van der Waals surface area contributed by atoms with Gasteiger partial charge in [0, 0.05) is 19.1 Å². The number of rotatable bonds is 12. The molecule has 1 aliphatic carbocycles. The average Bonchev–Trinajstić information content (AvgIpc) is 3.15. The van der Waals surface area contributed by atoms with Gasteiger partial charge in [0.2, 0.25) is 0 Å². The second-order valence-electron chi connectivity index (χ2n) is 8.38. The lowest BCUT2D eigenvalue weighted by Crippen LogP contribution is -2.47. The summed E-state index contributed by atoms with van der Waals surface area (Å²) in [5.74, 6) is -1.51. The number of methoxy groups -OCH3 is 1. The van der Waals surface area contributed by atoms with Gasteiger partial charge < -0.3 is 25.2 Å². The van der Waals surface area contributed by atoms with Crippen LogP contribution in [0.4, 0.5) is 4.79 Å². The number of amides is 2. The van der Waals surface area contributed by atoms with Crippen LogP contribution in [0.5, 0.6) is 0 Å². The lowest BCUT2D eigenvalue weighted by atomic mass is 9.98. The molecule has 0 aromatic heterocycles. The van der Waals surface area contributed by atoms with Crippen LogP contribution in [0.1, 0.15) is 49.7 Å². The van der Waals surface area contributed by atoms with Gasteiger partial charge >= 0.3 is 12.1 Å². The van der Waals surface area contributed by atoms with E-state index in [2.05, 4.69) is 22.8 Å². The van der Waals surface area contributed by atoms with Gasteiger partial charge in [-0.15, -0.1) is 0 Å². The summed E-state index contributed by atoms with van der Waals surface area (Å²) in [6, 6.07) is 15.6. The van der Waals surface area contributed by atoms with Crippen LogP contribution < -0.4 is 10.6 Å². The van der Waals surface area contributed by atoms with Crippen molar-refractivity contribution in [1.29, 1.82) is 0 Å². The molecule has 0 fully saturated rings. The first kappa shape index (κ1) is 25.2. The molecule has 2 atom stereocenters. The van der Waals surface area contributed by atoms with Gasteiger partial charge in [-0.1, -0.05) is 68.3 Å². The third-order valence-electron chi connectivity index (χ3n) is 6.03. The number of unbranched alkanes of at least 4 members (excludes halogenated alkanes) is 1.